The highest BCUT2D eigenvalue weighted by atomic mass is 32.2. The summed E-state index contributed by atoms with van der Waals surface area (Å²) >= 11 is 3.87. The average molecular weight is 175 g/mol. The van der Waals surface area contributed by atoms with Crippen molar-refractivity contribution in [3.63, 3.8) is 0 Å². The van der Waals surface area contributed by atoms with Crippen molar-refractivity contribution in [3.8, 4) is 0 Å². The maximum Gasteiger partial charge on any atom is 0.0585 e. The lowest BCUT2D eigenvalue weighted by Crippen LogP contribution is -2.00. The topological polar surface area (TPSA) is 26.0 Å². The molecule has 0 fully saturated rings. The Hall–Kier alpha value is 0.400. The normalized spacial score (nSPS) is 18.5. The van der Waals surface area contributed by atoms with Gasteiger partial charge in [-0.2, -0.15) is 0 Å². The van der Waals surface area contributed by atoms with Gasteiger partial charge in [-0.3, -0.25) is 0 Å². The van der Waals surface area contributed by atoms with Crippen molar-refractivity contribution in [2.45, 2.75) is 23.8 Å². The highest BCUT2D eigenvalue weighted by Crippen LogP contribution is 2.36. The molecule has 0 saturated heterocycles. The SMILES string of the molecule is NCCCCC1SC=CS1. The van der Waals surface area contributed by atoms with Crippen molar-refractivity contribution in [1.29, 1.82) is 0 Å². The molecule has 3 heteroatoms. The van der Waals surface area contributed by atoms with Gasteiger partial charge in [0.25, 0.3) is 0 Å². The summed E-state index contributed by atoms with van der Waals surface area (Å²) in [5, 5.41) is 4.36. The third kappa shape index (κ3) is 2.99. The van der Waals surface area contributed by atoms with E-state index < -0.39 is 0 Å². The van der Waals surface area contributed by atoms with Gasteiger partial charge in [0, 0.05) is 0 Å². The molecule has 1 aliphatic heterocycles. The van der Waals surface area contributed by atoms with E-state index in [2.05, 4.69) is 10.8 Å². The van der Waals surface area contributed by atoms with Crippen LogP contribution in [0.15, 0.2) is 10.8 Å². The van der Waals surface area contributed by atoms with E-state index in [1.807, 2.05) is 23.5 Å². The number of hydrogen-bond donors (Lipinski definition) is 1. The third-order valence-corrected chi connectivity index (χ3v) is 3.91. The summed E-state index contributed by atoms with van der Waals surface area (Å²) < 4.78 is 0.784. The van der Waals surface area contributed by atoms with E-state index in [9.17, 15) is 0 Å². The first-order valence-electron chi connectivity index (χ1n) is 3.59. The quantitative estimate of drug-likeness (QED) is 0.664. The largest absolute Gasteiger partial charge is 0.330 e. The summed E-state index contributed by atoms with van der Waals surface area (Å²) in [7, 11) is 0. The minimum atomic E-state index is 0.784. The monoisotopic (exact) mass is 175 g/mol. The summed E-state index contributed by atoms with van der Waals surface area (Å²) in [5.41, 5.74) is 5.38. The molecule has 58 valence electrons. The Bertz CT molecular complexity index is 106. The molecule has 10 heavy (non-hydrogen) atoms. The van der Waals surface area contributed by atoms with Crippen LogP contribution in [-0.4, -0.2) is 11.1 Å². The molecule has 0 aliphatic carbocycles. The lowest BCUT2D eigenvalue weighted by atomic mass is 10.2. The fraction of sp³-hybridized carbons (Fsp3) is 0.714. The molecule has 2 N–H and O–H groups in total. The van der Waals surface area contributed by atoms with Crippen LogP contribution in [0.3, 0.4) is 0 Å². The highest BCUT2D eigenvalue weighted by Gasteiger charge is 2.09. The zero-order valence-electron chi connectivity index (χ0n) is 5.95. The fourth-order valence-corrected chi connectivity index (χ4v) is 2.97. The van der Waals surface area contributed by atoms with Crippen LogP contribution in [0.5, 0.6) is 0 Å². The zero-order chi connectivity index (χ0) is 7.23. The predicted molar refractivity (Wildman–Crippen MR) is 51.0 cm³/mol. The van der Waals surface area contributed by atoms with Gasteiger partial charge in [-0.25, -0.2) is 0 Å². The Balaban J connectivity index is 1.93. The van der Waals surface area contributed by atoms with Crippen LogP contribution < -0.4 is 5.73 Å². The van der Waals surface area contributed by atoms with Crippen LogP contribution in [0.1, 0.15) is 19.3 Å². The first kappa shape index (κ1) is 8.50. The van der Waals surface area contributed by atoms with Gasteiger partial charge in [0.2, 0.25) is 0 Å². The summed E-state index contributed by atoms with van der Waals surface area (Å²) in [5.74, 6) is 0. The van der Waals surface area contributed by atoms with E-state index in [1.54, 1.807) is 0 Å². The number of hydrogen-bond acceptors (Lipinski definition) is 3. The van der Waals surface area contributed by atoms with Crippen molar-refractivity contribution in [1.82, 2.24) is 0 Å². The molecule has 0 amide bonds. The molecule has 1 heterocycles. The molecule has 0 aromatic carbocycles. The van der Waals surface area contributed by atoms with E-state index >= 15 is 0 Å². The molecule has 0 aromatic heterocycles. The van der Waals surface area contributed by atoms with Gasteiger partial charge in [-0.05, 0) is 30.2 Å². The van der Waals surface area contributed by atoms with Crippen molar-refractivity contribution in [3.05, 3.63) is 10.8 Å². The highest BCUT2D eigenvalue weighted by molar-refractivity contribution is 8.22. The second-order valence-electron chi connectivity index (χ2n) is 2.26. The molecule has 0 spiro atoms. The van der Waals surface area contributed by atoms with Crippen LogP contribution >= 0.6 is 23.5 Å². The van der Waals surface area contributed by atoms with Crippen LogP contribution in [0.25, 0.3) is 0 Å². The number of rotatable bonds is 4. The molecule has 1 nitrogen and oxygen atoms in total. The Morgan fingerprint density at radius 3 is 2.50 bits per heavy atom. The standard InChI is InChI=1S/C7H13NS2/c8-4-2-1-3-7-9-5-6-10-7/h5-7H,1-4,8H2. The number of thioether (sulfide) groups is 2. The predicted octanol–water partition coefficient (Wildman–Crippen LogP) is 2.39. The van der Waals surface area contributed by atoms with E-state index in [4.69, 9.17) is 5.73 Å². The Morgan fingerprint density at radius 2 is 1.90 bits per heavy atom. The van der Waals surface area contributed by atoms with Crippen LogP contribution in [-0.2, 0) is 0 Å². The van der Waals surface area contributed by atoms with Crippen molar-refractivity contribution >= 4 is 23.5 Å². The molecule has 0 aromatic rings. The van der Waals surface area contributed by atoms with Crippen LogP contribution in [0.4, 0.5) is 0 Å². The maximum atomic E-state index is 5.38. The molecule has 1 rings (SSSR count). The van der Waals surface area contributed by atoms with Gasteiger partial charge in [0.1, 0.15) is 0 Å². The van der Waals surface area contributed by atoms with E-state index in [0.717, 1.165) is 11.1 Å². The van der Waals surface area contributed by atoms with Gasteiger partial charge in [-0.15, -0.1) is 23.5 Å². The number of unbranched alkanes of at least 4 members (excludes halogenated alkanes) is 1. The van der Waals surface area contributed by atoms with Gasteiger partial charge < -0.3 is 5.73 Å². The Kier molecular flexibility index (Phi) is 4.34. The summed E-state index contributed by atoms with van der Waals surface area (Å²) in [6.07, 6.45) is 3.76. The second-order valence-corrected chi connectivity index (χ2v) is 4.78. The van der Waals surface area contributed by atoms with E-state index in [1.165, 1.54) is 19.3 Å². The molecular weight excluding hydrogens is 162 g/mol. The average Bonchev–Trinajstić information content (AvgIpc) is 2.41. The van der Waals surface area contributed by atoms with E-state index in [-0.39, 0.29) is 0 Å². The third-order valence-electron chi connectivity index (χ3n) is 1.41. The van der Waals surface area contributed by atoms with Crippen molar-refractivity contribution in [2.75, 3.05) is 6.54 Å². The second kappa shape index (κ2) is 5.10. The summed E-state index contributed by atoms with van der Waals surface area (Å²) in [4.78, 5) is 0. The van der Waals surface area contributed by atoms with Gasteiger partial charge in [0.05, 0.1) is 4.58 Å². The maximum absolute atomic E-state index is 5.38. The molecule has 0 saturated carbocycles. The lowest BCUT2D eigenvalue weighted by molar-refractivity contribution is 0.722. The molecule has 0 bridgehead atoms. The first-order chi connectivity index (χ1) is 4.93. The first-order valence-corrected chi connectivity index (χ1v) is 5.48. The smallest absolute Gasteiger partial charge is 0.0585 e. The number of nitrogens with two attached hydrogens (primary N) is 1. The Labute approximate surface area is 70.8 Å². The van der Waals surface area contributed by atoms with Gasteiger partial charge in [0.15, 0.2) is 0 Å². The zero-order valence-corrected chi connectivity index (χ0v) is 7.59. The molecule has 1 aliphatic rings. The van der Waals surface area contributed by atoms with Gasteiger partial charge >= 0.3 is 0 Å². The molecular formula is C7H13NS2. The molecule has 0 atom stereocenters. The summed E-state index contributed by atoms with van der Waals surface area (Å²) in [6.45, 7) is 0.843. The van der Waals surface area contributed by atoms with E-state index in [0.29, 0.717) is 0 Å². The van der Waals surface area contributed by atoms with Crippen molar-refractivity contribution in [2.24, 2.45) is 5.73 Å². The Morgan fingerprint density at radius 1 is 1.20 bits per heavy atom. The van der Waals surface area contributed by atoms with Gasteiger partial charge in [-0.1, -0.05) is 6.42 Å². The van der Waals surface area contributed by atoms with Crippen LogP contribution in [0.2, 0.25) is 0 Å². The molecule has 0 radical (unpaired) electrons. The lowest BCUT2D eigenvalue weighted by Gasteiger charge is -2.05. The summed E-state index contributed by atoms with van der Waals surface area (Å²) in [6, 6.07) is 0. The fourth-order valence-electron chi connectivity index (χ4n) is 0.863. The minimum Gasteiger partial charge on any atom is -0.330 e. The van der Waals surface area contributed by atoms with Crippen LogP contribution in [0, 0.1) is 0 Å². The van der Waals surface area contributed by atoms with Crippen molar-refractivity contribution < 1.29 is 0 Å². The minimum absolute atomic E-state index is 0.784. The molecule has 0 unspecified atom stereocenters.